The fourth-order valence-corrected chi connectivity index (χ4v) is 1.93. The van der Waals surface area contributed by atoms with Crippen LogP contribution in [0.3, 0.4) is 0 Å². The number of benzene rings is 1. The van der Waals surface area contributed by atoms with Gasteiger partial charge in [0.15, 0.2) is 0 Å². The Labute approximate surface area is 121 Å². The van der Waals surface area contributed by atoms with Gasteiger partial charge in [-0.1, -0.05) is 24.1 Å². The van der Waals surface area contributed by atoms with E-state index in [1.54, 1.807) is 7.11 Å². The summed E-state index contributed by atoms with van der Waals surface area (Å²) in [6.07, 6.45) is 5.93. The van der Waals surface area contributed by atoms with E-state index in [0.717, 1.165) is 17.7 Å². The molecule has 0 heterocycles. The Morgan fingerprint density at radius 3 is 2.85 bits per heavy atom. The highest BCUT2D eigenvalue weighted by atomic mass is 16.5. The minimum Gasteiger partial charge on any atom is -0.496 e. The molecule has 1 unspecified atom stereocenters. The minimum absolute atomic E-state index is 0.0580. The number of amides is 1. The van der Waals surface area contributed by atoms with E-state index in [9.17, 15) is 4.79 Å². The van der Waals surface area contributed by atoms with Gasteiger partial charge in [0.2, 0.25) is 5.91 Å². The van der Waals surface area contributed by atoms with E-state index in [-0.39, 0.29) is 18.5 Å². The monoisotopic (exact) mass is 274 g/mol. The number of hydrogen-bond donors (Lipinski definition) is 1. The second-order valence-electron chi connectivity index (χ2n) is 4.76. The lowest BCUT2D eigenvalue weighted by Crippen LogP contribution is -2.40. The summed E-state index contributed by atoms with van der Waals surface area (Å²) in [6, 6.07) is 8.15. The second-order valence-corrected chi connectivity index (χ2v) is 4.76. The molecule has 108 valence electrons. The quantitative estimate of drug-likeness (QED) is 0.762. The van der Waals surface area contributed by atoms with Crippen molar-refractivity contribution in [1.82, 2.24) is 10.2 Å². The average Bonchev–Trinajstić information content (AvgIpc) is 2.45. The van der Waals surface area contributed by atoms with Crippen LogP contribution in [0.5, 0.6) is 5.75 Å². The predicted octanol–water partition coefficient (Wildman–Crippen LogP) is 1.31. The third-order valence-electron chi connectivity index (χ3n) is 3.24. The van der Waals surface area contributed by atoms with Crippen LogP contribution in [0.15, 0.2) is 24.3 Å². The van der Waals surface area contributed by atoms with Crippen LogP contribution < -0.4 is 10.1 Å². The molecule has 4 heteroatoms. The van der Waals surface area contributed by atoms with Crippen LogP contribution >= 0.6 is 0 Å². The van der Waals surface area contributed by atoms with Crippen LogP contribution in [0, 0.1) is 12.3 Å². The highest BCUT2D eigenvalue weighted by molar-refractivity contribution is 5.78. The Morgan fingerprint density at radius 1 is 1.50 bits per heavy atom. The molecule has 1 aromatic carbocycles. The summed E-state index contributed by atoms with van der Waals surface area (Å²) < 4.78 is 5.34. The summed E-state index contributed by atoms with van der Waals surface area (Å²) in [5, 5.41) is 2.66. The van der Waals surface area contributed by atoms with Gasteiger partial charge in [-0.25, -0.2) is 0 Å². The molecule has 1 amide bonds. The number of para-hydroxylation sites is 1. The number of methoxy groups -OCH3 is 1. The van der Waals surface area contributed by atoms with E-state index >= 15 is 0 Å². The second kappa shape index (κ2) is 8.23. The van der Waals surface area contributed by atoms with E-state index < -0.39 is 0 Å². The number of nitrogens with one attached hydrogen (secondary N) is 1. The van der Waals surface area contributed by atoms with E-state index in [1.165, 1.54) is 0 Å². The summed E-state index contributed by atoms with van der Waals surface area (Å²) in [5.41, 5.74) is 1.14. The smallest absolute Gasteiger partial charge is 0.234 e. The van der Waals surface area contributed by atoms with Gasteiger partial charge in [-0.05, 0) is 32.0 Å². The Hall–Kier alpha value is -1.99. The van der Waals surface area contributed by atoms with Crippen LogP contribution in [-0.4, -0.2) is 44.1 Å². The van der Waals surface area contributed by atoms with Crippen molar-refractivity contribution in [3.63, 3.8) is 0 Å². The molecule has 1 rings (SSSR count). The summed E-state index contributed by atoms with van der Waals surface area (Å²) in [5.74, 6) is 3.21. The lowest BCUT2D eigenvalue weighted by Gasteiger charge is -2.24. The average molecular weight is 274 g/mol. The topological polar surface area (TPSA) is 41.6 Å². The molecule has 1 atom stereocenters. The van der Waals surface area contributed by atoms with E-state index in [1.807, 2.05) is 36.2 Å². The third-order valence-corrected chi connectivity index (χ3v) is 3.24. The van der Waals surface area contributed by atoms with Crippen molar-refractivity contribution in [3.8, 4) is 18.1 Å². The molecule has 1 aromatic rings. The minimum atomic E-state index is -0.0580. The van der Waals surface area contributed by atoms with Gasteiger partial charge in [0.1, 0.15) is 5.75 Å². The normalized spacial score (nSPS) is 11.8. The zero-order valence-corrected chi connectivity index (χ0v) is 12.3. The lowest BCUT2D eigenvalue weighted by atomic mass is 10.1. The Bertz CT molecular complexity index is 480. The number of rotatable bonds is 7. The molecule has 0 radical (unpaired) electrons. The van der Waals surface area contributed by atoms with Crippen molar-refractivity contribution in [2.24, 2.45) is 0 Å². The molecule has 0 spiro atoms. The summed E-state index contributed by atoms with van der Waals surface area (Å²) in [7, 11) is 3.59. The number of ether oxygens (including phenoxy) is 1. The SMILES string of the molecule is C#CCNC(=O)CN(C)C(C)Cc1ccccc1OC. The number of carbonyl (C=O) groups excluding carboxylic acids is 1. The van der Waals surface area contributed by atoms with Crippen molar-refractivity contribution >= 4 is 5.91 Å². The third kappa shape index (κ3) is 4.94. The molecule has 0 saturated heterocycles. The van der Waals surface area contributed by atoms with Gasteiger partial charge in [0.05, 0.1) is 20.2 Å². The van der Waals surface area contributed by atoms with Gasteiger partial charge in [-0.15, -0.1) is 6.42 Å². The molecule has 0 aliphatic heterocycles. The van der Waals surface area contributed by atoms with Gasteiger partial charge >= 0.3 is 0 Å². The van der Waals surface area contributed by atoms with E-state index in [2.05, 4.69) is 18.2 Å². The fraction of sp³-hybridized carbons (Fsp3) is 0.438. The Kier molecular flexibility index (Phi) is 6.61. The van der Waals surface area contributed by atoms with E-state index in [0.29, 0.717) is 6.54 Å². The number of hydrogen-bond acceptors (Lipinski definition) is 3. The molecule has 0 aliphatic carbocycles. The number of likely N-dealkylation sites (N-methyl/N-ethyl adjacent to an activating group) is 1. The number of nitrogens with zero attached hydrogens (tertiary/aromatic N) is 1. The first-order valence-electron chi connectivity index (χ1n) is 6.60. The molecule has 0 bridgehead atoms. The molecule has 4 nitrogen and oxygen atoms in total. The first-order valence-corrected chi connectivity index (χ1v) is 6.60. The zero-order valence-electron chi connectivity index (χ0n) is 12.3. The number of terminal acetylenes is 1. The van der Waals surface area contributed by atoms with Crippen molar-refractivity contribution in [2.45, 2.75) is 19.4 Å². The largest absolute Gasteiger partial charge is 0.496 e. The highest BCUT2D eigenvalue weighted by Gasteiger charge is 2.15. The highest BCUT2D eigenvalue weighted by Crippen LogP contribution is 2.20. The Morgan fingerprint density at radius 2 is 2.20 bits per heavy atom. The maximum Gasteiger partial charge on any atom is 0.234 e. The molecular formula is C16H22N2O2. The van der Waals surface area contributed by atoms with Gasteiger partial charge in [0.25, 0.3) is 0 Å². The fourth-order valence-electron chi connectivity index (χ4n) is 1.93. The van der Waals surface area contributed by atoms with Crippen molar-refractivity contribution in [1.29, 1.82) is 0 Å². The molecule has 20 heavy (non-hydrogen) atoms. The van der Waals surface area contributed by atoms with Crippen molar-refractivity contribution < 1.29 is 9.53 Å². The summed E-state index contributed by atoms with van der Waals surface area (Å²) >= 11 is 0. The molecule has 0 fully saturated rings. The van der Waals surface area contributed by atoms with Gasteiger partial charge in [-0.3, -0.25) is 9.69 Å². The van der Waals surface area contributed by atoms with Crippen LogP contribution in [0.4, 0.5) is 0 Å². The first kappa shape index (κ1) is 16.1. The first-order chi connectivity index (χ1) is 9.58. The molecular weight excluding hydrogens is 252 g/mol. The maximum atomic E-state index is 11.6. The predicted molar refractivity (Wildman–Crippen MR) is 80.6 cm³/mol. The molecule has 0 aromatic heterocycles. The molecule has 0 saturated carbocycles. The molecule has 0 aliphatic rings. The van der Waals surface area contributed by atoms with Gasteiger partial charge < -0.3 is 10.1 Å². The maximum absolute atomic E-state index is 11.6. The Balaban J connectivity index is 2.55. The van der Waals surface area contributed by atoms with Crippen LogP contribution in [0.1, 0.15) is 12.5 Å². The lowest BCUT2D eigenvalue weighted by molar-refractivity contribution is -0.122. The van der Waals surface area contributed by atoms with Gasteiger partial charge in [-0.2, -0.15) is 0 Å². The van der Waals surface area contributed by atoms with Gasteiger partial charge in [0, 0.05) is 6.04 Å². The summed E-state index contributed by atoms with van der Waals surface area (Å²) in [6.45, 7) is 2.69. The summed E-state index contributed by atoms with van der Waals surface area (Å²) in [4.78, 5) is 13.6. The van der Waals surface area contributed by atoms with Crippen molar-refractivity contribution in [3.05, 3.63) is 29.8 Å². The standard InChI is InChI=1S/C16H22N2O2/c1-5-10-17-16(19)12-18(3)13(2)11-14-8-6-7-9-15(14)20-4/h1,6-9,13H,10-12H2,2-4H3,(H,17,19). The van der Waals surface area contributed by atoms with Crippen LogP contribution in [0.2, 0.25) is 0 Å². The molecule has 1 N–H and O–H groups in total. The van der Waals surface area contributed by atoms with Crippen molar-refractivity contribution in [2.75, 3.05) is 27.2 Å². The zero-order chi connectivity index (χ0) is 15.0. The number of carbonyl (C=O) groups is 1. The van der Waals surface area contributed by atoms with Crippen LogP contribution in [0.25, 0.3) is 0 Å². The van der Waals surface area contributed by atoms with Crippen LogP contribution in [-0.2, 0) is 11.2 Å². The van der Waals surface area contributed by atoms with E-state index in [4.69, 9.17) is 11.2 Å².